The summed E-state index contributed by atoms with van der Waals surface area (Å²) in [5, 5.41) is 7.27. The summed E-state index contributed by atoms with van der Waals surface area (Å²) >= 11 is 5.80. The molecule has 0 spiro atoms. The molecule has 0 aliphatic heterocycles. The molecule has 2 N–H and O–H groups in total. The maximum Gasteiger partial charge on any atom is 0.271 e. The minimum atomic E-state index is -0.440. The number of nitrogens with one attached hydrogen (secondary N) is 2. The van der Waals surface area contributed by atoms with Gasteiger partial charge in [-0.2, -0.15) is 5.10 Å². The molecule has 0 heterocycles. The van der Waals surface area contributed by atoms with Crippen LogP contribution in [-0.2, 0) is 4.79 Å². The molecule has 27 heavy (non-hydrogen) atoms. The van der Waals surface area contributed by atoms with E-state index < -0.39 is 5.91 Å². The zero-order chi connectivity index (χ0) is 19.8. The fourth-order valence-corrected chi connectivity index (χ4v) is 2.29. The number of benzene rings is 2. The number of halogens is 1. The summed E-state index contributed by atoms with van der Waals surface area (Å²) in [5.41, 5.74) is 3.82. The van der Waals surface area contributed by atoms with Crippen molar-refractivity contribution in [1.29, 1.82) is 0 Å². The lowest BCUT2D eigenvalue weighted by molar-refractivity contribution is -0.115. The van der Waals surface area contributed by atoms with Gasteiger partial charge in [0, 0.05) is 28.1 Å². The van der Waals surface area contributed by atoms with E-state index in [1.807, 2.05) is 0 Å². The first-order valence-electron chi connectivity index (χ1n) is 8.03. The molecule has 142 valence electrons. The van der Waals surface area contributed by atoms with Crippen molar-refractivity contribution in [2.75, 3.05) is 19.5 Å². The number of amides is 2. The Hall–Kier alpha value is -3.06. The number of hydrogen-bond acceptors (Lipinski definition) is 5. The van der Waals surface area contributed by atoms with Crippen LogP contribution < -0.4 is 20.2 Å². The lowest BCUT2D eigenvalue weighted by atomic mass is 10.2. The van der Waals surface area contributed by atoms with E-state index in [4.69, 9.17) is 21.1 Å². The van der Waals surface area contributed by atoms with E-state index in [9.17, 15) is 9.59 Å². The van der Waals surface area contributed by atoms with Crippen molar-refractivity contribution in [2.24, 2.45) is 5.10 Å². The van der Waals surface area contributed by atoms with E-state index in [1.54, 1.807) is 49.4 Å². The molecular formula is C19H20ClN3O4. The molecule has 7 nitrogen and oxygen atoms in total. The molecule has 0 atom stereocenters. The Morgan fingerprint density at radius 3 is 2.19 bits per heavy atom. The summed E-state index contributed by atoms with van der Waals surface area (Å²) in [6.45, 7) is 1.65. The number of rotatable bonds is 7. The van der Waals surface area contributed by atoms with Gasteiger partial charge in [0.05, 0.1) is 20.6 Å². The highest BCUT2D eigenvalue weighted by Crippen LogP contribution is 2.22. The minimum absolute atomic E-state index is 0.0321. The first kappa shape index (κ1) is 20.3. The molecule has 0 aliphatic carbocycles. The molecule has 2 aromatic rings. The van der Waals surface area contributed by atoms with Gasteiger partial charge >= 0.3 is 0 Å². The van der Waals surface area contributed by atoms with E-state index in [-0.39, 0.29) is 12.3 Å². The lowest BCUT2D eigenvalue weighted by Crippen LogP contribution is -2.21. The summed E-state index contributed by atoms with van der Waals surface area (Å²) < 4.78 is 10.3. The second kappa shape index (κ2) is 9.59. The van der Waals surface area contributed by atoms with Crippen molar-refractivity contribution in [1.82, 2.24) is 5.43 Å². The van der Waals surface area contributed by atoms with Crippen molar-refractivity contribution in [3.8, 4) is 11.5 Å². The summed E-state index contributed by atoms with van der Waals surface area (Å²) in [5.74, 6) is 0.283. The van der Waals surface area contributed by atoms with Gasteiger partial charge in [0.25, 0.3) is 5.91 Å². The highest BCUT2D eigenvalue weighted by Gasteiger charge is 2.10. The SMILES string of the molecule is COc1cc(OC)cc(C(=O)NN=C(C)CC(=O)Nc2ccc(Cl)cc2)c1. The minimum Gasteiger partial charge on any atom is -0.497 e. The van der Waals surface area contributed by atoms with Crippen molar-refractivity contribution >= 4 is 34.8 Å². The zero-order valence-electron chi connectivity index (χ0n) is 15.2. The van der Waals surface area contributed by atoms with Crippen LogP contribution in [0.15, 0.2) is 47.6 Å². The number of hydrogen-bond donors (Lipinski definition) is 2. The number of nitrogens with zero attached hydrogens (tertiary/aromatic N) is 1. The van der Waals surface area contributed by atoms with Crippen LogP contribution in [0, 0.1) is 0 Å². The Bertz CT molecular complexity index is 828. The fourth-order valence-electron chi connectivity index (χ4n) is 2.16. The average Bonchev–Trinajstić information content (AvgIpc) is 2.67. The standard InChI is InChI=1S/C19H20ClN3O4/c1-12(8-18(24)21-15-6-4-14(20)5-7-15)22-23-19(25)13-9-16(26-2)11-17(10-13)27-3/h4-7,9-11H,8H2,1-3H3,(H,21,24)(H,23,25). The monoisotopic (exact) mass is 389 g/mol. The van der Waals surface area contributed by atoms with Gasteiger partial charge < -0.3 is 14.8 Å². The molecule has 0 fully saturated rings. The van der Waals surface area contributed by atoms with Gasteiger partial charge in [0.15, 0.2) is 0 Å². The molecule has 0 radical (unpaired) electrons. The van der Waals surface area contributed by atoms with Crippen LogP contribution in [0.5, 0.6) is 11.5 Å². The van der Waals surface area contributed by atoms with Crippen LogP contribution in [0.1, 0.15) is 23.7 Å². The fraction of sp³-hybridized carbons (Fsp3) is 0.211. The Morgan fingerprint density at radius 1 is 1.04 bits per heavy atom. The molecule has 2 rings (SSSR count). The topological polar surface area (TPSA) is 89.0 Å². The lowest BCUT2D eigenvalue weighted by Gasteiger charge is -2.08. The van der Waals surface area contributed by atoms with Crippen molar-refractivity contribution in [3.63, 3.8) is 0 Å². The van der Waals surface area contributed by atoms with E-state index in [2.05, 4.69) is 15.8 Å². The number of methoxy groups -OCH3 is 2. The zero-order valence-corrected chi connectivity index (χ0v) is 16.0. The first-order valence-corrected chi connectivity index (χ1v) is 8.41. The molecular weight excluding hydrogens is 370 g/mol. The second-order valence-electron chi connectivity index (χ2n) is 5.62. The van der Waals surface area contributed by atoms with Gasteiger partial charge in [-0.1, -0.05) is 11.6 Å². The predicted molar refractivity (Wildman–Crippen MR) is 105 cm³/mol. The molecule has 0 saturated heterocycles. The number of hydrazone groups is 1. The van der Waals surface area contributed by atoms with E-state index in [0.717, 1.165) is 0 Å². The van der Waals surface area contributed by atoms with Gasteiger partial charge in [-0.15, -0.1) is 0 Å². The molecule has 0 saturated carbocycles. The Labute approximate surface area is 162 Å². The molecule has 2 amide bonds. The number of carbonyl (C=O) groups excluding carboxylic acids is 2. The molecule has 0 aromatic heterocycles. The maximum atomic E-state index is 12.3. The Kier molecular flexibility index (Phi) is 7.19. The number of ether oxygens (including phenoxy) is 2. The Balaban J connectivity index is 1.95. The summed E-state index contributed by atoms with van der Waals surface area (Å²) in [6, 6.07) is 11.6. The van der Waals surface area contributed by atoms with E-state index in [1.165, 1.54) is 14.2 Å². The van der Waals surface area contributed by atoms with Crippen molar-refractivity contribution in [3.05, 3.63) is 53.1 Å². The van der Waals surface area contributed by atoms with Crippen LogP contribution in [0.2, 0.25) is 5.02 Å². The largest absolute Gasteiger partial charge is 0.497 e. The highest BCUT2D eigenvalue weighted by atomic mass is 35.5. The van der Waals surface area contributed by atoms with Crippen molar-refractivity contribution in [2.45, 2.75) is 13.3 Å². The van der Waals surface area contributed by atoms with Gasteiger partial charge in [-0.05, 0) is 43.3 Å². The van der Waals surface area contributed by atoms with Gasteiger partial charge in [0.2, 0.25) is 5.91 Å². The Morgan fingerprint density at radius 2 is 1.63 bits per heavy atom. The molecule has 0 bridgehead atoms. The molecule has 2 aromatic carbocycles. The quantitative estimate of drug-likeness (QED) is 0.560. The summed E-state index contributed by atoms with van der Waals surface area (Å²) in [6.07, 6.45) is 0.0321. The predicted octanol–water partition coefficient (Wildman–Crippen LogP) is 3.49. The van der Waals surface area contributed by atoms with Crippen LogP contribution in [0.4, 0.5) is 5.69 Å². The number of carbonyl (C=O) groups is 2. The second-order valence-corrected chi connectivity index (χ2v) is 6.06. The van der Waals surface area contributed by atoms with Crippen LogP contribution in [-0.4, -0.2) is 31.7 Å². The smallest absolute Gasteiger partial charge is 0.271 e. The third-order valence-electron chi connectivity index (χ3n) is 3.51. The van der Waals surface area contributed by atoms with E-state index >= 15 is 0 Å². The third-order valence-corrected chi connectivity index (χ3v) is 3.76. The van der Waals surface area contributed by atoms with Gasteiger partial charge in [0.1, 0.15) is 11.5 Å². The molecule has 0 unspecified atom stereocenters. The third kappa shape index (κ3) is 6.31. The van der Waals surface area contributed by atoms with Crippen molar-refractivity contribution < 1.29 is 19.1 Å². The number of anilines is 1. The summed E-state index contributed by atoms with van der Waals surface area (Å²) in [4.78, 5) is 24.3. The van der Waals surface area contributed by atoms with Crippen LogP contribution in [0.25, 0.3) is 0 Å². The van der Waals surface area contributed by atoms with E-state index in [0.29, 0.717) is 33.5 Å². The summed E-state index contributed by atoms with van der Waals surface area (Å²) in [7, 11) is 3.00. The van der Waals surface area contributed by atoms with Gasteiger partial charge in [-0.3, -0.25) is 9.59 Å². The average molecular weight is 390 g/mol. The first-order chi connectivity index (χ1) is 12.9. The highest BCUT2D eigenvalue weighted by molar-refractivity contribution is 6.30. The normalized spacial score (nSPS) is 10.9. The molecule has 0 aliphatic rings. The maximum absolute atomic E-state index is 12.3. The van der Waals surface area contributed by atoms with Crippen LogP contribution in [0.3, 0.4) is 0 Å². The van der Waals surface area contributed by atoms with Crippen LogP contribution >= 0.6 is 11.6 Å². The molecule has 8 heteroatoms. The van der Waals surface area contributed by atoms with Gasteiger partial charge in [-0.25, -0.2) is 5.43 Å².